The summed E-state index contributed by atoms with van der Waals surface area (Å²) in [4.78, 5) is 4.33. The Hall–Kier alpha value is -2.08. The summed E-state index contributed by atoms with van der Waals surface area (Å²) in [6.07, 6.45) is 12.0. The lowest BCUT2D eigenvalue weighted by molar-refractivity contribution is 0.351. The topological polar surface area (TPSA) is 41.6 Å². The molecule has 1 aromatic carbocycles. The molecule has 3 heteroatoms. The van der Waals surface area contributed by atoms with Crippen molar-refractivity contribution < 1.29 is 0 Å². The van der Waals surface area contributed by atoms with E-state index in [1.54, 1.807) is 0 Å². The second-order valence-electron chi connectivity index (χ2n) is 6.03. The zero-order valence-electron chi connectivity index (χ0n) is 12.3. The maximum absolute atomic E-state index is 8.85. The van der Waals surface area contributed by atoms with Crippen molar-refractivity contribution in [2.75, 3.05) is 0 Å². The lowest BCUT2D eigenvalue weighted by atomic mass is 9.86. The van der Waals surface area contributed by atoms with Crippen LogP contribution in [0.4, 0.5) is 0 Å². The van der Waals surface area contributed by atoms with Gasteiger partial charge in [0.15, 0.2) is 0 Å². The quantitative estimate of drug-likeness (QED) is 0.851. The highest BCUT2D eigenvalue weighted by molar-refractivity contribution is 5.31. The summed E-state index contributed by atoms with van der Waals surface area (Å²) in [6.45, 7) is 0.841. The van der Waals surface area contributed by atoms with E-state index in [1.807, 2.05) is 36.8 Å². The number of nitriles is 1. The molecule has 1 aliphatic carbocycles. The Bertz CT molecular complexity index is 613. The lowest BCUT2D eigenvalue weighted by Crippen LogP contribution is -2.12. The van der Waals surface area contributed by atoms with Crippen LogP contribution in [0.15, 0.2) is 36.8 Å². The minimum atomic E-state index is 0.715. The second kappa shape index (κ2) is 6.58. The van der Waals surface area contributed by atoms with Crippen molar-refractivity contribution in [2.45, 2.75) is 45.1 Å². The molecular formula is C18H21N3. The van der Waals surface area contributed by atoms with Gasteiger partial charge < -0.3 is 4.57 Å². The second-order valence-corrected chi connectivity index (χ2v) is 6.03. The van der Waals surface area contributed by atoms with Gasteiger partial charge in [-0.15, -0.1) is 0 Å². The number of hydrogen-bond acceptors (Lipinski definition) is 2. The molecule has 108 valence electrons. The zero-order valence-corrected chi connectivity index (χ0v) is 12.3. The van der Waals surface area contributed by atoms with E-state index in [1.165, 1.54) is 43.4 Å². The first-order valence-corrected chi connectivity index (χ1v) is 7.83. The monoisotopic (exact) mass is 279 g/mol. The average Bonchev–Trinajstić information content (AvgIpc) is 2.96. The predicted octanol–water partition coefficient (Wildman–Crippen LogP) is 3.93. The Morgan fingerprint density at radius 2 is 1.90 bits per heavy atom. The van der Waals surface area contributed by atoms with E-state index >= 15 is 0 Å². The van der Waals surface area contributed by atoms with Crippen molar-refractivity contribution in [3.63, 3.8) is 0 Å². The molecule has 3 nitrogen and oxygen atoms in total. The van der Waals surface area contributed by atoms with Crippen LogP contribution in [0, 0.1) is 17.2 Å². The largest absolute Gasteiger partial charge is 0.330 e. The van der Waals surface area contributed by atoms with Crippen LogP contribution in [0.1, 0.15) is 48.9 Å². The lowest BCUT2D eigenvalue weighted by Gasteiger charge is -2.21. The van der Waals surface area contributed by atoms with Crippen LogP contribution >= 0.6 is 0 Å². The third kappa shape index (κ3) is 3.52. The fraction of sp³-hybridized carbons (Fsp3) is 0.444. The molecule has 2 aromatic rings. The molecule has 0 spiro atoms. The Morgan fingerprint density at radius 3 is 2.62 bits per heavy atom. The Kier molecular flexibility index (Phi) is 4.35. The standard InChI is InChI=1S/C18H21N3/c19-11-16-6-8-17(9-7-16)13-21-14-20-12-18(21)10-15-4-2-1-3-5-15/h6-9,12,14-15H,1-5,10,13H2. The molecule has 21 heavy (non-hydrogen) atoms. The van der Waals surface area contributed by atoms with Crippen molar-refractivity contribution in [1.29, 1.82) is 5.26 Å². The molecule has 1 fully saturated rings. The van der Waals surface area contributed by atoms with Crippen LogP contribution in [0.2, 0.25) is 0 Å². The maximum atomic E-state index is 8.85. The van der Waals surface area contributed by atoms with E-state index in [4.69, 9.17) is 5.26 Å². The summed E-state index contributed by atoms with van der Waals surface area (Å²) in [5, 5.41) is 8.85. The number of hydrogen-bond donors (Lipinski definition) is 0. The number of rotatable bonds is 4. The molecule has 1 heterocycles. The van der Waals surface area contributed by atoms with Crippen molar-refractivity contribution >= 4 is 0 Å². The highest BCUT2D eigenvalue weighted by Gasteiger charge is 2.16. The summed E-state index contributed by atoms with van der Waals surface area (Å²) >= 11 is 0. The van der Waals surface area contributed by atoms with Gasteiger partial charge in [0.2, 0.25) is 0 Å². The molecule has 1 aromatic heterocycles. The summed E-state index contributed by atoms with van der Waals surface area (Å²) in [6, 6.07) is 9.98. The van der Waals surface area contributed by atoms with Crippen molar-refractivity contribution in [1.82, 2.24) is 9.55 Å². The molecule has 0 saturated heterocycles. The molecule has 0 radical (unpaired) electrons. The van der Waals surface area contributed by atoms with Crippen LogP contribution in [-0.2, 0) is 13.0 Å². The van der Waals surface area contributed by atoms with E-state index in [9.17, 15) is 0 Å². The predicted molar refractivity (Wildman–Crippen MR) is 82.8 cm³/mol. The van der Waals surface area contributed by atoms with Gasteiger partial charge in [0.05, 0.1) is 18.0 Å². The molecule has 0 unspecified atom stereocenters. The van der Waals surface area contributed by atoms with E-state index in [2.05, 4.69) is 15.6 Å². The Labute approximate surface area is 126 Å². The molecule has 1 saturated carbocycles. The van der Waals surface area contributed by atoms with Gasteiger partial charge in [0, 0.05) is 18.4 Å². The summed E-state index contributed by atoms with van der Waals surface area (Å²) < 4.78 is 2.25. The van der Waals surface area contributed by atoms with Crippen LogP contribution < -0.4 is 0 Å². The first kappa shape index (κ1) is 13.9. The van der Waals surface area contributed by atoms with Gasteiger partial charge in [-0.25, -0.2) is 4.98 Å². The maximum Gasteiger partial charge on any atom is 0.0991 e. The molecule has 3 rings (SSSR count). The van der Waals surface area contributed by atoms with Gasteiger partial charge in [-0.05, 0) is 30.0 Å². The third-order valence-electron chi connectivity index (χ3n) is 4.46. The van der Waals surface area contributed by atoms with E-state index in [0.717, 1.165) is 18.9 Å². The number of aromatic nitrogens is 2. The van der Waals surface area contributed by atoms with Gasteiger partial charge >= 0.3 is 0 Å². The van der Waals surface area contributed by atoms with Crippen LogP contribution in [0.5, 0.6) is 0 Å². The fourth-order valence-corrected chi connectivity index (χ4v) is 3.23. The number of imidazole rings is 1. The molecule has 0 amide bonds. The molecule has 0 bridgehead atoms. The minimum absolute atomic E-state index is 0.715. The van der Waals surface area contributed by atoms with Gasteiger partial charge in [-0.1, -0.05) is 44.2 Å². The number of nitrogens with zero attached hydrogens (tertiary/aromatic N) is 3. The smallest absolute Gasteiger partial charge is 0.0991 e. The summed E-state index contributed by atoms with van der Waals surface area (Å²) in [5.74, 6) is 0.829. The minimum Gasteiger partial charge on any atom is -0.330 e. The Balaban J connectivity index is 1.68. The summed E-state index contributed by atoms with van der Waals surface area (Å²) in [7, 11) is 0. The summed E-state index contributed by atoms with van der Waals surface area (Å²) in [5.41, 5.74) is 3.27. The average molecular weight is 279 g/mol. The van der Waals surface area contributed by atoms with Crippen molar-refractivity contribution in [3.8, 4) is 6.07 Å². The fourth-order valence-electron chi connectivity index (χ4n) is 3.23. The highest BCUT2D eigenvalue weighted by atomic mass is 15.0. The molecule has 0 aliphatic heterocycles. The molecule has 0 N–H and O–H groups in total. The number of benzene rings is 1. The van der Waals surface area contributed by atoms with Crippen molar-refractivity contribution in [2.24, 2.45) is 5.92 Å². The van der Waals surface area contributed by atoms with Gasteiger partial charge in [-0.2, -0.15) is 5.26 Å². The first-order valence-electron chi connectivity index (χ1n) is 7.83. The van der Waals surface area contributed by atoms with Crippen LogP contribution in [0.25, 0.3) is 0 Å². The molecule has 0 atom stereocenters. The van der Waals surface area contributed by atoms with Crippen LogP contribution in [-0.4, -0.2) is 9.55 Å². The molecular weight excluding hydrogens is 258 g/mol. The Morgan fingerprint density at radius 1 is 1.14 bits per heavy atom. The van der Waals surface area contributed by atoms with Crippen molar-refractivity contribution in [3.05, 3.63) is 53.6 Å². The molecule has 1 aliphatic rings. The third-order valence-corrected chi connectivity index (χ3v) is 4.46. The van der Waals surface area contributed by atoms with Gasteiger partial charge in [0.1, 0.15) is 0 Å². The normalized spacial score (nSPS) is 15.8. The van der Waals surface area contributed by atoms with Crippen LogP contribution in [0.3, 0.4) is 0 Å². The first-order chi connectivity index (χ1) is 10.3. The van der Waals surface area contributed by atoms with Gasteiger partial charge in [-0.3, -0.25) is 0 Å². The highest BCUT2D eigenvalue weighted by Crippen LogP contribution is 2.26. The van der Waals surface area contributed by atoms with Gasteiger partial charge in [0.25, 0.3) is 0 Å². The zero-order chi connectivity index (χ0) is 14.5. The van der Waals surface area contributed by atoms with E-state index in [-0.39, 0.29) is 0 Å². The van der Waals surface area contributed by atoms with E-state index in [0.29, 0.717) is 5.56 Å². The SMILES string of the molecule is N#Cc1ccc(Cn2cncc2CC2CCCCC2)cc1. The van der Waals surface area contributed by atoms with E-state index < -0.39 is 0 Å².